The van der Waals surface area contributed by atoms with Crippen LogP contribution in [-0.2, 0) is 11.3 Å². The third kappa shape index (κ3) is 4.71. The second-order valence-corrected chi connectivity index (χ2v) is 5.66. The summed E-state index contributed by atoms with van der Waals surface area (Å²) in [5.74, 6) is 0. The van der Waals surface area contributed by atoms with E-state index in [-0.39, 0.29) is 6.61 Å². The molecule has 21 heavy (non-hydrogen) atoms. The third-order valence-electron chi connectivity index (χ3n) is 3.65. The van der Waals surface area contributed by atoms with E-state index in [1.807, 2.05) is 44.0 Å². The van der Waals surface area contributed by atoms with Crippen LogP contribution in [-0.4, -0.2) is 44.6 Å². The number of nitrogens with one attached hydrogen (secondary N) is 1. The van der Waals surface area contributed by atoms with Gasteiger partial charge in [-0.2, -0.15) is 5.26 Å². The average Bonchev–Trinajstić information content (AvgIpc) is 2.50. The van der Waals surface area contributed by atoms with E-state index in [1.165, 1.54) is 0 Å². The first kappa shape index (κ1) is 17.4. The summed E-state index contributed by atoms with van der Waals surface area (Å²) < 4.78 is 4.98. The molecule has 0 spiro atoms. The molecule has 0 radical (unpaired) electrons. The summed E-state index contributed by atoms with van der Waals surface area (Å²) in [6.45, 7) is 6.04. The number of likely N-dealkylation sites (N-methyl/N-ethyl adjacent to an activating group) is 1. The number of methoxy groups -OCH3 is 1. The van der Waals surface area contributed by atoms with Crippen LogP contribution in [0.5, 0.6) is 0 Å². The van der Waals surface area contributed by atoms with Gasteiger partial charge in [0.1, 0.15) is 6.07 Å². The first-order valence-corrected chi connectivity index (χ1v) is 7.03. The molecule has 0 saturated carbocycles. The Balaban J connectivity index is 2.87. The number of aliphatic hydroxyl groups excluding tert-OH is 1. The predicted octanol–water partition coefficient (Wildman–Crippen LogP) is 1.50. The van der Waals surface area contributed by atoms with Gasteiger partial charge in [0, 0.05) is 27.2 Å². The molecule has 2 N–H and O–H groups in total. The van der Waals surface area contributed by atoms with Gasteiger partial charge in [0.2, 0.25) is 0 Å². The van der Waals surface area contributed by atoms with Gasteiger partial charge in [0.25, 0.3) is 0 Å². The molecular weight excluding hydrogens is 266 g/mol. The molecule has 0 fully saturated rings. The number of hydrogen-bond donors (Lipinski definition) is 2. The predicted molar refractivity (Wildman–Crippen MR) is 84.3 cm³/mol. The first-order valence-electron chi connectivity index (χ1n) is 7.03. The van der Waals surface area contributed by atoms with Crippen molar-refractivity contribution in [2.24, 2.45) is 0 Å². The lowest BCUT2D eigenvalue weighted by Crippen LogP contribution is -2.44. The van der Waals surface area contributed by atoms with Gasteiger partial charge < -0.3 is 20.1 Å². The molecule has 1 aromatic carbocycles. The summed E-state index contributed by atoms with van der Waals surface area (Å²) in [6.07, 6.45) is 0. The van der Waals surface area contributed by atoms with Crippen molar-refractivity contribution in [1.29, 1.82) is 5.26 Å². The van der Waals surface area contributed by atoms with Crippen molar-refractivity contribution in [2.75, 3.05) is 38.8 Å². The minimum atomic E-state index is -0.413. The quantitative estimate of drug-likeness (QED) is 0.710. The topological polar surface area (TPSA) is 68.5 Å². The van der Waals surface area contributed by atoms with Gasteiger partial charge in [-0.05, 0) is 31.5 Å². The number of aliphatic hydroxyl groups is 1. The van der Waals surface area contributed by atoms with Gasteiger partial charge in [-0.15, -0.1) is 0 Å². The monoisotopic (exact) mass is 291 g/mol. The highest BCUT2D eigenvalue weighted by molar-refractivity contribution is 5.61. The molecule has 5 heteroatoms. The maximum Gasteiger partial charge on any atom is 0.101 e. The van der Waals surface area contributed by atoms with E-state index in [0.717, 1.165) is 17.8 Å². The number of nitriles is 1. The lowest BCUT2D eigenvalue weighted by atomic mass is 10.0. The van der Waals surface area contributed by atoms with Crippen molar-refractivity contribution in [2.45, 2.75) is 25.9 Å². The standard InChI is InChI=1S/C16H25N3O2/c1-16(2,12-20)19(3)15-6-5-13(9-14(15)10-17)11-18-7-8-21-4/h5-6,9,18,20H,7-8,11-12H2,1-4H3. The van der Waals surface area contributed by atoms with Crippen LogP contribution < -0.4 is 10.2 Å². The highest BCUT2D eigenvalue weighted by Crippen LogP contribution is 2.26. The van der Waals surface area contributed by atoms with Crippen LogP contribution in [0.2, 0.25) is 0 Å². The van der Waals surface area contributed by atoms with Crippen LogP contribution in [0.15, 0.2) is 18.2 Å². The van der Waals surface area contributed by atoms with E-state index in [9.17, 15) is 10.4 Å². The van der Waals surface area contributed by atoms with E-state index in [4.69, 9.17) is 4.74 Å². The van der Waals surface area contributed by atoms with Gasteiger partial charge in [-0.1, -0.05) is 6.07 Å². The first-order chi connectivity index (χ1) is 9.96. The SMILES string of the molecule is COCCNCc1ccc(N(C)C(C)(C)CO)c(C#N)c1. The molecule has 0 atom stereocenters. The molecule has 0 aliphatic carbocycles. The van der Waals surface area contributed by atoms with Gasteiger partial charge in [0.15, 0.2) is 0 Å². The number of anilines is 1. The largest absolute Gasteiger partial charge is 0.394 e. The Morgan fingerprint density at radius 3 is 2.71 bits per heavy atom. The number of rotatable bonds is 8. The van der Waals surface area contributed by atoms with Crippen LogP contribution in [0.1, 0.15) is 25.0 Å². The molecule has 0 heterocycles. The molecule has 0 amide bonds. The van der Waals surface area contributed by atoms with E-state index >= 15 is 0 Å². The summed E-state index contributed by atoms with van der Waals surface area (Å²) in [4.78, 5) is 1.94. The zero-order chi connectivity index (χ0) is 15.9. The number of benzene rings is 1. The molecule has 0 aliphatic rings. The van der Waals surface area contributed by atoms with Crippen molar-refractivity contribution in [1.82, 2.24) is 5.32 Å². The number of hydrogen-bond acceptors (Lipinski definition) is 5. The highest BCUT2D eigenvalue weighted by atomic mass is 16.5. The van der Waals surface area contributed by atoms with Gasteiger partial charge >= 0.3 is 0 Å². The Morgan fingerprint density at radius 1 is 1.43 bits per heavy atom. The Morgan fingerprint density at radius 2 is 2.14 bits per heavy atom. The normalized spacial score (nSPS) is 11.2. The maximum absolute atomic E-state index is 9.46. The maximum atomic E-state index is 9.46. The van der Waals surface area contributed by atoms with Gasteiger partial charge in [0.05, 0.1) is 30.0 Å². The van der Waals surface area contributed by atoms with Gasteiger partial charge in [-0.25, -0.2) is 0 Å². The summed E-state index contributed by atoms with van der Waals surface area (Å²) in [7, 11) is 3.56. The molecule has 0 saturated heterocycles. The minimum absolute atomic E-state index is 0.0225. The fourth-order valence-corrected chi connectivity index (χ4v) is 1.91. The lowest BCUT2D eigenvalue weighted by Gasteiger charge is -2.36. The zero-order valence-corrected chi connectivity index (χ0v) is 13.3. The van der Waals surface area contributed by atoms with Crippen LogP contribution in [0, 0.1) is 11.3 Å². The molecule has 5 nitrogen and oxygen atoms in total. The molecular formula is C16H25N3O2. The van der Waals surface area contributed by atoms with Crippen molar-refractivity contribution in [3.05, 3.63) is 29.3 Å². The Labute approximate surface area is 127 Å². The molecule has 116 valence electrons. The molecule has 0 bridgehead atoms. The fraction of sp³-hybridized carbons (Fsp3) is 0.562. The number of ether oxygens (including phenoxy) is 1. The Hall–Kier alpha value is -1.61. The zero-order valence-electron chi connectivity index (χ0n) is 13.3. The second-order valence-electron chi connectivity index (χ2n) is 5.66. The minimum Gasteiger partial charge on any atom is -0.394 e. The van der Waals surface area contributed by atoms with E-state index in [2.05, 4.69) is 11.4 Å². The van der Waals surface area contributed by atoms with Crippen LogP contribution in [0.25, 0.3) is 0 Å². The van der Waals surface area contributed by atoms with Crippen molar-refractivity contribution < 1.29 is 9.84 Å². The summed E-state index contributed by atoms with van der Waals surface area (Å²) in [5, 5.41) is 22.1. The average molecular weight is 291 g/mol. The Bertz CT molecular complexity index is 495. The summed E-state index contributed by atoms with van der Waals surface area (Å²) in [5.41, 5.74) is 2.09. The Kier molecular flexibility index (Phi) is 6.63. The molecule has 1 aromatic rings. The smallest absolute Gasteiger partial charge is 0.101 e. The van der Waals surface area contributed by atoms with E-state index < -0.39 is 5.54 Å². The van der Waals surface area contributed by atoms with Crippen LogP contribution >= 0.6 is 0 Å². The highest BCUT2D eigenvalue weighted by Gasteiger charge is 2.24. The van der Waals surface area contributed by atoms with Gasteiger partial charge in [-0.3, -0.25) is 0 Å². The van der Waals surface area contributed by atoms with E-state index in [0.29, 0.717) is 18.7 Å². The lowest BCUT2D eigenvalue weighted by molar-refractivity contribution is 0.199. The van der Waals surface area contributed by atoms with Crippen LogP contribution in [0.3, 0.4) is 0 Å². The van der Waals surface area contributed by atoms with Crippen molar-refractivity contribution in [3.63, 3.8) is 0 Å². The van der Waals surface area contributed by atoms with Crippen LogP contribution in [0.4, 0.5) is 5.69 Å². The summed E-state index contributed by atoms with van der Waals surface area (Å²) in [6, 6.07) is 8.06. The molecule has 0 unspecified atom stereocenters. The van der Waals surface area contributed by atoms with Crippen molar-refractivity contribution >= 4 is 5.69 Å². The fourth-order valence-electron chi connectivity index (χ4n) is 1.91. The van der Waals surface area contributed by atoms with E-state index in [1.54, 1.807) is 7.11 Å². The summed E-state index contributed by atoms with van der Waals surface area (Å²) >= 11 is 0. The third-order valence-corrected chi connectivity index (χ3v) is 3.65. The molecule has 1 rings (SSSR count). The number of nitrogens with zero attached hydrogens (tertiary/aromatic N) is 2. The van der Waals surface area contributed by atoms with Crippen molar-refractivity contribution in [3.8, 4) is 6.07 Å². The molecule has 0 aliphatic heterocycles. The second kappa shape index (κ2) is 7.99. The molecule has 0 aromatic heterocycles.